The first-order valence-electron chi connectivity index (χ1n) is 4.73. The van der Waals surface area contributed by atoms with E-state index in [1.165, 1.54) is 0 Å². The predicted octanol–water partition coefficient (Wildman–Crippen LogP) is 3.97. The topological polar surface area (TPSA) is 22.1 Å². The highest BCUT2D eigenvalue weighted by molar-refractivity contribution is 6.35. The average Bonchev–Trinajstić information content (AvgIpc) is 2.30. The Morgan fingerprint density at radius 2 is 1.81 bits per heavy atom. The molecule has 4 heteroatoms. The predicted molar refractivity (Wildman–Crippen MR) is 65.0 cm³/mol. The van der Waals surface area contributed by atoms with Gasteiger partial charge < -0.3 is 4.74 Å². The number of halogens is 2. The van der Waals surface area contributed by atoms with Gasteiger partial charge in [0.1, 0.15) is 12.4 Å². The van der Waals surface area contributed by atoms with E-state index in [1.807, 2.05) is 12.1 Å². The van der Waals surface area contributed by atoms with Crippen molar-refractivity contribution in [1.29, 1.82) is 0 Å². The van der Waals surface area contributed by atoms with Gasteiger partial charge in [0.2, 0.25) is 0 Å². The highest BCUT2D eigenvalue weighted by Crippen LogP contribution is 2.25. The van der Waals surface area contributed by atoms with Gasteiger partial charge in [0.05, 0.1) is 6.20 Å². The van der Waals surface area contributed by atoms with E-state index in [0.717, 1.165) is 5.56 Å². The largest absolute Gasteiger partial charge is 0.487 e. The van der Waals surface area contributed by atoms with E-state index >= 15 is 0 Å². The summed E-state index contributed by atoms with van der Waals surface area (Å²) in [5, 5.41) is 1.22. The Balaban J connectivity index is 2.11. The Hall–Kier alpha value is -1.25. The molecule has 2 rings (SSSR count). The molecule has 0 bridgehead atoms. The molecule has 82 valence electrons. The maximum atomic E-state index is 6.02. The summed E-state index contributed by atoms with van der Waals surface area (Å²) in [6, 6.07) is 9.02. The summed E-state index contributed by atoms with van der Waals surface area (Å²) in [7, 11) is 0. The first kappa shape index (κ1) is 11.2. The van der Waals surface area contributed by atoms with Crippen LogP contribution < -0.4 is 4.74 Å². The molecule has 1 heterocycles. The van der Waals surface area contributed by atoms with Crippen LogP contribution in [0.3, 0.4) is 0 Å². The molecule has 0 aliphatic heterocycles. The lowest BCUT2D eigenvalue weighted by Crippen LogP contribution is -1.97. The third kappa shape index (κ3) is 2.65. The molecule has 0 N–H and O–H groups in total. The van der Waals surface area contributed by atoms with Crippen LogP contribution in [0.4, 0.5) is 0 Å². The number of aromatic nitrogens is 1. The van der Waals surface area contributed by atoms with Crippen LogP contribution in [-0.4, -0.2) is 4.98 Å². The summed E-state index contributed by atoms with van der Waals surface area (Å²) in [6.07, 6.45) is 3.33. The molecule has 0 aliphatic rings. The normalized spacial score (nSPS) is 10.1. The summed E-state index contributed by atoms with van der Waals surface area (Å²) < 4.78 is 5.52. The average molecular weight is 254 g/mol. The van der Waals surface area contributed by atoms with Crippen molar-refractivity contribution in [1.82, 2.24) is 4.98 Å². The number of pyridine rings is 1. The Bertz CT molecular complexity index is 453. The van der Waals surface area contributed by atoms with Gasteiger partial charge in [-0.15, -0.1) is 0 Å². The molecule has 0 unspecified atom stereocenters. The molecule has 0 saturated heterocycles. The van der Waals surface area contributed by atoms with Crippen LogP contribution in [-0.2, 0) is 6.61 Å². The lowest BCUT2D eigenvalue weighted by molar-refractivity contribution is 0.305. The van der Waals surface area contributed by atoms with Crippen molar-refractivity contribution in [2.75, 3.05) is 0 Å². The zero-order valence-corrected chi connectivity index (χ0v) is 9.87. The molecular formula is C12H9Cl2NO. The maximum absolute atomic E-state index is 6.02. The van der Waals surface area contributed by atoms with Crippen LogP contribution in [0.5, 0.6) is 5.75 Å². The number of nitrogens with zero attached hydrogens (tertiary/aromatic N) is 1. The first-order chi connectivity index (χ1) is 7.77. The van der Waals surface area contributed by atoms with E-state index < -0.39 is 0 Å². The zero-order chi connectivity index (χ0) is 11.4. The van der Waals surface area contributed by atoms with Crippen molar-refractivity contribution in [2.24, 2.45) is 0 Å². The van der Waals surface area contributed by atoms with E-state index in [-0.39, 0.29) is 0 Å². The number of hydrogen-bond acceptors (Lipinski definition) is 2. The van der Waals surface area contributed by atoms with Gasteiger partial charge in [0.25, 0.3) is 0 Å². The van der Waals surface area contributed by atoms with Gasteiger partial charge in [0.15, 0.2) is 0 Å². The van der Waals surface area contributed by atoms with Gasteiger partial charge in [-0.25, -0.2) is 0 Å². The fourth-order valence-corrected chi connectivity index (χ4v) is 1.76. The summed E-state index contributed by atoms with van der Waals surface area (Å²) in [5.41, 5.74) is 0.787. The van der Waals surface area contributed by atoms with E-state index in [0.29, 0.717) is 22.4 Å². The van der Waals surface area contributed by atoms with Crippen LogP contribution in [0, 0.1) is 0 Å². The Morgan fingerprint density at radius 3 is 2.44 bits per heavy atom. The highest BCUT2D eigenvalue weighted by Gasteiger charge is 2.05. The minimum Gasteiger partial charge on any atom is -0.487 e. The molecule has 1 aromatic heterocycles. The third-order valence-corrected chi connectivity index (χ3v) is 2.79. The summed E-state index contributed by atoms with van der Waals surface area (Å²) in [5.74, 6) is 0.693. The molecule has 0 atom stereocenters. The van der Waals surface area contributed by atoms with Gasteiger partial charge in [-0.2, -0.15) is 0 Å². The molecule has 1 aromatic carbocycles. The fraction of sp³-hybridized carbons (Fsp3) is 0.0833. The lowest BCUT2D eigenvalue weighted by atomic mass is 10.2. The zero-order valence-electron chi connectivity index (χ0n) is 8.36. The van der Waals surface area contributed by atoms with Crippen molar-refractivity contribution in [2.45, 2.75) is 6.61 Å². The van der Waals surface area contributed by atoms with Gasteiger partial charge >= 0.3 is 0 Å². The van der Waals surface area contributed by atoms with E-state index in [9.17, 15) is 0 Å². The molecule has 0 radical (unpaired) electrons. The van der Waals surface area contributed by atoms with E-state index in [4.69, 9.17) is 27.9 Å². The van der Waals surface area contributed by atoms with Crippen LogP contribution >= 0.6 is 23.2 Å². The molecular weight excluding hydrogens is 245 g/mol. The monoisotopic (exact) mass is 253 g/mol. The minimum atomic E-state index is 0.337. The molecule has 0 saturated carbocycles. The number of ether oxygens (including phenoxy) is 1. The number of benzene rings is 1. The van der Waals surface area contributed by atoms with Crippen molar-refractivity contribution in [3.05, 3.63) is 58.3 Å². The summed E-state index contributed by atoms with van der Waals surface area (Å²) in [6.45, 7) is 0.337. The highest BCUT2D eigenvalue weighted by atomic mass is 35.5. The van der Waals surface area contributed by atoms with Gasteiger partial charge in [0, 0.05) is 21.8 Å². The van der Waals surface area contributed by atoms with Gasteiger partial charge in [-0.1, -0.05) is 29.3 Å². The molecule has 0 spiro atoms. The Kier molecular flexibility index (Phi) is 3.65. The van der Waals surface area contributed by atoms with Crippen molar-refractivity contribution >= 4 is 23.2 Å². The van der Waals surface area contributed by atoms with Gasteiger partial charge in [-0.05, 0) is 24.3 Å². The van der Waals surface area contributed by atoms with Crippen molar-refractivity contribution in [3.8, 4) is 5.75 Å². The summed E-state index contributed by atoms with van der Waals surface area (Å²) in [4.78, 5) is 3.95. The van der Waals surface area contributed by atoms with Crippen LogP contribution in [0.15, 0.2) is 42.7 Å². The minimum absolute atomic E-state index is 0.337. The van der Waals surface area contributed by atoms with Crippen molar-refractivity contribution in [3.63, 3.8) is 0 Å². The SMILES string of the molecule is Clc1cccc(Cl)c1COc1cccnc1. The summed E-state index contributed by atoms with van der Waals surface area (Å²) >= 11 is 12.0. The van der Waals surface area contributed by atoms with Gasteiger partial charge in [-0.3, -0.25) is 4.98 Å². The second-order valence-corrected chi connectivity index (χ2v) is 3.99. The molecule has 16 heavy (non-hydrogen) atoms. The molecule has 0 fully saturated rings. The standard InChI is InChI=1S/C12H9Cl2NO/c13-11-4-1-5-12(14)10(11)8-16-9-3-2-6-15-7-9/h1-7H,8H2. The Labute approximate surface area is 104 Å². The maximum Gasteiger partial charge on any atom is 0.138 e. The second kappa shape index (κ2) is 5.19. The fourth-order valence-electron chi connectivity index (χ4n) is 1.26. The third-order valence-electron chi connectivity index (χ3n) is 2.08. The quantitative estimate of drug-likeness (QED) is 0.826. The van der Waals surface area contributed by atoms with E-state index in [2.05, 4.69) is 4.98 Å². The molecule has 0 aliphatic carbocycles. The first-order valence-corrected chi connectivity index (χ1v) is 5.48. The van der Waals surface area contributed by atoms with Crippen LogP contribution in [0.25, 0.3) is 0 Å². The van der Waals surface area contributed by atoms with Crippen molar-refractivity contribution < 1.29 is 4.74 Å². The smallest absolute Gasteiger partial charge is 0.138 e. The van der Waals surface area contributed by atoms with E-state index in [1.54, 1.807) is 30.6 Å². The van der Waals surface area contributed by atoms with Crippen LogP contribution in [0.2, 0.25) is 10.0 Å². The Morgan fingerprint density at radius 1 is 1.06 bits per heavy atom. The second-order valence-electron chi connectivity index (χ2n) is 3.18. The molecule has 2 nitrogen and oxygen atoms in total. The molecule has 2 aromatic rings. The number of rotatable bonds is 3. The number of hydrogen-bond donors (Lipinski definition) is 0. The van der Waals surface area contributed by atoms with Crippen LogP contribution in [0.1, 0.15) is 5.56 Å². The molecule has 0 amide bonds. The lowest BCUT2D eigenvalue weighted by Gasteiger charge is -2.08.